The molecule has 2 aromatic carbocycles. The van der Waals surface area contributed by atoms with Gasteiger partial charge in [-0.25, -0.2) is 0 Å². The molecule has 1 saturated heterocycles. The molecule has 1 atom stereocenters. The minimum Gasteiger partial charge on any atom is -0.396 e. The van der Waals surface area contributed by atoms with Crippen LogP contribution in [0, 0.1) is 0 Å². The lowest BCUT2D eigenvalue weighted by Crippen LogP contribution is -2.53. The Morgan fingerprint density at radius 1 is 1.07 bits per heavy atom. The molecule has 158 valence electrons. The fourth-order valence-electron chi connectivity index (χ4n) is 4.27. The summed E-state index contributed by atoms with van der Waals surface area (Å²) in [5, 5.41) is 17.8. The standard InChI is InChI=1S/C24H29ClN4O/c25-22-8-6-20(7-9-22)24-21(16-26-27-24)17-28-13-14-29(23(18-28)11-15-30)12-10-19-4-2-1-3-5-19/h1-9,16,23,30H,10-15,17-18H2,(H,26,27). The van der Waals surface area contributed by atoms with Crippen LogP contribution in [0.3, 0.4) is 0 Å². The second-order valence-electron chi connectivity index (χ2n) is 7.95. The third-order valence-corrected chi connectivity index (χ3v) is 6.18. The van der Waals surface area contributed by atoms with Crippen molar-refractivity contribution in [3.63, 3.8) is 0 Å². The van der Waals surface area contributed by atoms with Gasteiger partial charge in [-0.1, -0.05) is 54.1 Å². The predicted octanol–water partition coefficient (Wildman–Crippen LogP) is 3.84. The minimum atomic E-state index is 0.224. The minimum absolute atomic E-state index is 0.224. The molecule has 0 amide bonds. The van der Waals surface area contributed by atoms with E-state index in [1.807, 2.05) is 30.5 Å². The number of halogens is 1. The number of aliphatic hydroxyl groups is 1. The van der Waals surface area contributed by atoms with E-state index in [4.69, 9.17) is 11.6 Å². The molecule has 5 nitrogen and oxygen atoms in total. The van der Waals surface area contributed by atoms with Gasteiger partial charge in [0.25, 0.3) is 0 Å². The lowest BCUT2D eigenvalue weighted by atomic mass is 10.0. The van der Waals surface area contributed by atoms with Crippen molar-refractivity contribution in [2.24, 2.45) is 0 Å². The van der Waals surface area contributed by atoms with Crippen molar-refractivity contribution >= 4 is 11.6 Å². The molecule has 30 heavy (non-hydrogen) atoms. The van der Waals surface area contributed by atoms with Crippen LogP contribution in [0.1, 0.15) is 17.5 Å². The Kier molecular flexibility index (Phi) is 7.18. The average molecular weight is 425 g/mol. The van der Waals surface area contributed by atoms with Gasteiger partial charge in [-0.15, -0.1) is 0 Å². The summed E-state index contributed by atoms with van der Waals surface area (Å²) >= 11 is 6.03. The van der Waals surface area contributed by atoms with E-state index in [9.17, 15) is 5.11 Å². The molecule has 0 bridgehead atoms. The number of hydrogen-bond acceptors (Lipinski definition) is 4. The predicted molar refractivity (Wildman–Crippen MR) is 122 cm³/mol. The highest BCUT2D eigenvalue weighted by Gasteiger charge is 2.27. The van der Waals surface area contributed by atoms with E-state index in [1.165, 1.54) is 11.1 Å². The number of aromatic nitrogens is 2. The van der Waals surface area contributed by atoms with Gasteiger partial charge in [0.15, 0.2) is 0 Å². The zero-order chi connectivity index (χ0) is 20.8. The molecule has 1 aliphatic heterocycles. The van der Waals surface area contributed by atoms with Crippen molar-refractivity contribution in [2.45, 2.75) is 25.4 Å². The van der Waals surface area contributed by atoms with Gasteiger partial charge in [-0.05, 0) is 36.1 Å². The van der Waals surface area contributed by atoms with Crippen LogP contribution in [-0.4, -0.2) is 63.9 Å². The Morgan fingerprint density at radius 3 is 2.63 bits per heavy atom. The van der Waals surface area contributed by atoms with E-state index in [1.54, 1.807) is 0 Å². The fourth-order valence-corrected chi connectivity index (χ4v) is 4.40. The first-order chi connectivity index (χ1) is 14.7. The van der Waals surface area contributed by atoms with Crippen LogP contribution in [-0.2, 0) is 13.0 Å². The molecule has 0 spiro atoms. The summed E-state index contributed by atoms with van der Waals surface area (Å²) in [7, 11) is 0. The molecular formula is C24H29ClN4O. The molecule has 2 N–H and O–H groups in total. The second-order valence-corrected chi connectivity index (χ2v) is 8.39. The first-order valence-electron chi connectivity index (χ1n) is 10.6. The van der Waals surface area contributed by atoms with Crippen molar-refractivity contribution in [2.75, 3.05) is 32.8 Å². The maximum Gasteiger partial charge on any atom is 0.0695 e. The first-order valence-corrected chi connectivity index (χ1v) is 11.0. The number of nitrogens with one attached hydrogen (secondary N) is 1. The monoisotopic (exact) mass is 424 g/mol. The normalized spacial score (nSPS) is 18.0. The highest BCUT2D eigenvalue weighted by Crippen LogP contribution is 2.25. The quantitative estimate of drug-likeness (QED) is 0.576. The molecule has 6 heteroatoms. The highest BCUT2D eigenvalue weighted by molar-refractivity contribution is 6.30. The van der Waals surface area contributed by atoms with Crippen LogP contribution in [0.25, 0.3) is 11.3 Å². The van der Waals surface area contributed by atoms with Crippen LogP contribution in [0.4, 0.5) is 0 Å². The molecule has 1 aromatic heterocycles. The van der Waals surface area contributed by atoms with Crippen LogP contribution in [0.2, 0.25) is 5.02 Å². The molecule has 1 aliphatic rings. The third-order valence-electron chi connectivity index (χ3n) is 5.93. The Hall–Kier alpha value is -2.18. The van der Waals surface area contributed by atoms with Crippen LogP contribution in [0.5, 0.6) is 0 Å². The summed E-state index contributed by atoms with van der Waals surface area (Å²) in [6.07, 6.45) is 3.78. The van der Waals surface area contributed by atoms with Crippen molar-refractivity contribution in [3.05, 3.63) is 76.9 Å². The smallest absolute Gasteiger partial charge is 0.0695 e. The number of aliphatic hydroxyl groups excluding tert-OH is 1. The van der Waals surface area contributed by atoms with Gasteiger partial charge in [0.2, 0.25) is 0 Å². The van der Waals surface area contributed by atoms with Crippen molar-refractivity contribution in [3.8, 4) is 11.3 Å². The van der Waals surface area contributed by atoms with E-state index in [2.05, 4.69) is 50.3 Å². The Balaban J connectivity index is 1.39. The highest BCUT2D eigenvalue weighted by atomic mass is 35.5. The summed E-state index contributed by atoms with van der Waals surface area (Å²) < 4.78 is 0. The summed E-state index contributed by atoms with van der Waals surface area (Å²) in [5.74, 6) is 0. The number of benzene rings is 2. The van der Waals surface area contributed by atoms with Gasteiger partial charge < -0.3 is 5.11 Å². The lowest BCUT2D eigenvalue weighted by molar-refractivity contribution is 0.0563. The summed E-state index contributed by atoms with van der Waals surface area (Å²) in [5.41, 5.74) is 4.71. The van der Waals surface area contributed by atoms with Crippen LogP contribution >= 0.6 is 11.6 Å². The van der Waals surface area contributed by atoms with Gasteiger partial charge in [0.1, 0.15) is 0 Å². The number of aromatic amines is 1. The van der Waals surface area contributed by atoms with Crippen molar-refractivity contribution in [1.29, 1.82) is 0 Å². The lowest BCUT2D eigenvalue weighted by Gasteiger charge is -2.41. The second kappa shape index (κ2) is 10.2. The summed E-state index contributed by atoms with van der Waals surface area (Å²) in [6.45, 7) is 5.10. The van der Waals surface area contributed by atoms with Gasteiger partial charge in [0, 0.05) is 56.0 Å². The van der Waals surface area contributed by atoms with Gasteiger partial charge in [-0.2, -0.15) is 5.10 Å². The van der Waals surface area contributed by atoms with Gasteiger partial charge in [-0.3, -0.25) is 14.9 Å². The Bertz CT molecular complexity index is 912. The SMILES string of the molecule is OCCC1CN(Cc2cn[nH]c2-c2ccc(Cl)cc2)CCN1CCc1ccccc1. The Labute approximate surface area is 183 Å². The van der Waals surface area contributed by atoms with Crippen molar-refractivity contribution < 1.29 is 5.11 Å². The largest absolute Gasteiger partial charge is 0.396 e. The number of H-pyrrole nitrogens is 1. The number of hydrogen-bond donors (Lipinski definition) is 2. The van der Waals surface area contributed by atoms with Crippen molar-refractivity contribution in [1.82, 2.24) is 20.0 Å². The first kappa shape index (κ1) is 21.1. The van der Waals surface area contributed by atoms with Crippen LogP contribution < -0.4 is 0 Å². The third kappa shape index (κ3) is 5.29. The van der Waals surface area contributed by atoms with Crippen LogP contribution in [0.15, 0.2) is 60.8 Å². The van der Waals surface area contributed by atoms with E-state index in [-0.39, 0.29) is 6.61 Å². The number of piperazine rings is 1. The topological polar surface area (TPSA) is 55.4 Å². The van der Waals surface area contributed by atoms with E-state index >= 15 is 0 Å². The summed E-state index contributed by atoms with van der Waals surface area (Å²) in [6, 6.07) is 18.9. The van der Waals surface area contributed by atoms with E-state index in [0.717, 1.165) is 61.8 Å². The zero-order valence-corrected chi connectivity index (χ0v) is 17.9. The van der Waals surface area contributed by atoms with E-state index < -0.39 is 0 Å². The fraction of sp³-hybridized carbons (Fsp3) is 0.375. The number of nitrogens with zero attached hydrogens (tertiary/aromatic N) is 3. The van der Waals surface area contributed by atoms with Gasteiger partial charge >= 0.3 is 0 Å². The summed E-state index contributed by atoms with van der Waals surface area (Å²) in [4.78, 5) is 5.01. The molecule has 0 radical (unpaired) electrons. The maximum atomic E-state index is 9.61. The number of rotatable bonds is 8. The molecule has 0 saturated carbocycles. The molecular weight excluding hydrogens is 396 g/mol. The molecule has 2 heterocycles. The molecule has 1 unspecified atom stereocenters. The van der Waals surface area contributed by atoms with Gasteiger partial charge in [0.05, 0.1) is 11.9 Å². The molecule has 1 fully saturated rings. The maximum absolute atomic E-state index is 9.61. The van der Waals surface area contributed by atoms with E-state index in [0.29, 0.717) is 6.04 Å². The Morgan fingerprint density at radius 2 is 1.87 bits per heavy atom. The molecule has 4 rings (SSSR count). The zero-order valence-electron chi connectivity index (χ0n) is 17.2. The molecule has 3 aromatic rings. The molecule has 0 aliphatic carbocycles. The average Bonchev–Trinajstić information content (AvgIpc) is 3.23.